The van der Waals surface area contributed by atoms with Gasteiger partial charge in [-0.3, -0.25) is 8.74 Å². The topological polar surface area (TPSA) is 84.9 Å². The second-order valence-electron chi connectivity index (χ2n) is 4.75. The minimum atomic E-state index is -2.23. The first-order valence-electron chi connectivity index (χ1n) is 5.04. The van der Waals surface area contributed by atoms with Crippen LogP contribution in [-0.2, 0) is 20.3 Å². The lowest BCUT2D eigenvalue weighted by atomic mass is 9.90. The summed E-state index contributed by atoms with van der Waals surface area (Å²) >= 11 is -2.23. The van der Waals surface area contributed by atoms with Crippen LogP contribution in [0.25, 0.3) is 0 Å². The molecule has 1 aliphatic rings. The van der Waals surface area contributed by atoms with Crippen molar-refractivity contribution < 1.29 is 22.5 Å². The summed E-state index contributed by atoms with van der Waals surface area (Å²) in [5, 5.41) is 2.65. The Kier molecular flexibility index (Phi) is 4.28. The van der Waals surface area contributed by atoms with Gasteiger partial charge in [0, 0.05) is 6.04 Å². The quantitative estimate of drug-likeness (QED) is 0.736. The minimum Gasteiger partial charge on any atom is -0.444 e. The van der Waals surface area contributed by atoms with Crippen molar-refractivity contribution in [1.29, 1.82) is 0 Å². The van der Waals surface area contributed by atoms with E-state index in [0.29, 0.717) is 12.8 Å². The molecule has 0 aliphatic heterocycles. The van der Waals surface area contributed by atoms with E-state index in [-0.39, 0.29) is 12.1 Å². The molecule has 1 unspecified atom stereocenters. The molecule has 0 spiro atoms. The van der Waals surface area contributed by atoms with E-state index in [2.05, 4.69) is 9.50 Å². The van der Waals surface area contributed by atoms with Gasteiger partial charge in [0.1, 0.15) is 5.60 Å². The average molecular weight is 251 g/mol. The molecule has 0 heterocycles. The SMILES string of the molecule is CC(C)(C)OC(=O)NC1CC(OS(=O)O)C1. The van der Waals surface area contributed by atoms with Gasteiger partial charge in [0.2, 0.25) is 0 Å². The number of rotatable bonds is 3. The summed E-state index contributed by atoms with van der Waals surface area (Å²) in [5.74, 6) is 0. The molecule has 0 aromatic carbocycles. The number of hydrogen-bond acceptors (Lipinski definition) is 4. The Morgan fingerprint density at radius 1 is 1.44 bits per heavy atom. The van der Waals surface area contributed by atoms with Crippen LogP contribution in [0.1, 0.15) is 33.6 Å². The molecule has 1 saturated carbocycles. The van der Waals surface area contributed by atoms with Crippen LogP contribution in [-0.4, -0.2) is 32.6 Å². The molecule has 1 amide bonds. The number of nitrogens with one attached hydrogen (secondary N) is 1. The molecule has 0 bridgehead atoms. The van der Waals surface area contributed by atoms with E-state index in [0.717, 1.165) is 0 Å². The monoisotopic (exact) mass is 251 g/mol. The maximum Gasteiger partial charge on any atom is 0.407 e. The lowest BCUT2D eigenvalue weighted by Gasteiger charge is -2.34. The van der Waals surface area contributed by atoms with E-state index in [4.69, 9.17) is 9.29 Å². The third-order valence-corrected chi connectivity index (χ3v) is 2.47. The molecule has 1 fully saturated rings. The van der Waals surface area contributed by atoms with Gasteiger partial charge in [0.25, 0.3) is 0 Å². The Hall–Kier alpha value is -0.660. The van der Waals surface area contributed by atoms with Gasteiger partial charge in [0.15, 0.2) is 0 Å². The molecular weight excluding hydrogens is 234 g/mol. The molecule has 0 saturated heterocycles. The lowest BCUT2D eigenvalue weighted by Crippen LogP contribution is -2.49. The number of carbonyl (C=O) groups is 1. The third kappa shape index (κ3) is 4.91. The normalized spacial score (nSPS) is 26.8. The first-order valence-corrected chi connectivity index (χ1v) is 6.07. The van der Waals surface area contributed by atoms with E-state index < -0.39 is 23.1 Å². The predicted octanol–water partition coefficient (Wildman–Crippen LogP) is 1.20. The van der Waals surface area contributed by atoms with Crippen LogP contribution in [0.2, 0.25) is 0 Å². The van der Waals surface area contributed by atoms with Crippen molar-refractivity contribution in [3.63, 3.8) is 0 Å². The van der Waals surface area contributed by atoms with Gasteiger partial charge in [-0.1, -0.05) is 0 Å². The lowest BCUT2D eigenvalue weighted by molar-refractivity contribution is 0.0373. The molecule has 1 atom stereocenters. The fraction of sp³-hybridized carbons (Fsp3) is 0.889. The first kappa shape index (κ1) is 13.4. The summed E-state index contributed by atoms with van der Waals surface area (Å²) in [5.41, 5.74) is -0.518. The molecule has 2 N–H and O–H groups in total. The molecule has 1 rings (SSSR count). The third-order valence-electron chi connectivity index (χ3n) is 2.03. The Morgan fingerprint density at radius 3 is 2.44 bits per heavy atom. The molecule has 0 aromatic heterocycles. The Balaban J connectivity index is 2.17. The van der Waals surface area contributed by atoms with Crippen molar-refractivity contribution in [2.24, 2.45) is 0 Å². The molecule has 94 valence electrons. The van der Waals surface area contributed by atoms with Crippen molar-refractivity contribution in [2.75, 3.05) is 0 Å². The van der Waals surface area contributed by atoms with Crippen LogP contribution in [0, 0.1) is 0 Å². The Labute approximate surface area is 97.2 Å². The summed E-state index contributed by atoms with van der Waals surface area (Å²) in [7, 11) is 0. The van der Waals surface area contributed by atoms with Crippen molar-refractivity contribution in [3.8, 4) is 0 Å². The molecule has 7 heteroatoms. The highest BCUT2D eigenvalue weighted by Gasteiger charge is 2.33. The van der Waals surface area contributed by atoms with Crippen LogP contribution in [0.5, 0.6) is 0 Å². The largest absolute Gasteiger partial charge is 0.444 e. The molecular formula is C9H17NO5S. The zero-order chi connectivity index (χ0) is 12.3. The number of ether oxygens (including phenoxy) is 1. The van der Waals surface area contributed by atoms with E-state index in [1.165, 1.54) is 0 Å². The number of alkyl carbamates (subject to hydrolysis) is 1. The van der Waals surface area contributed by atoms with E-state index >= 15 is 0 Å². The van der Waals surface area contributed by atoms with E-state index in [1.54, 1.807) is 20.8 Å². The predicted molar refractivity (Wildman–Crippen MR) is 58.0 cm³/mol. The molecule has 16 heavy (non-hydrogen) atoms. The zero-order valence-electron chi connectivity index (χ0n) is 9.56. The van der Waals surface area contributed by atoms with Crippen molar-refractivity contribution in [2.45, 2.75) is 51.4 Å². The van der Waals surface area contributed by atoms with Gasteiger partial charge < -0.3 is 10.1 Å². The number of amides is 1. The molecule has 6 nitrogen and oxygen atoms in total. The highest BCUT2D eigenvalue weighted by Crippen LogP contribution is 2.24. The molecule has 1 aliphatic carbocycles. The smallest absolute Gasteiger partial charge is 0.407 e. The van der Waals surface area contributed by atoms with Gasteiger partial charge in [0.05, 0.1) is 6.10 Å². The Bertz CT molecular complexity index is 282. The summed E-state index contributed by atoms with van der Waals surface area (Å²) in [4.78, 5) is 11.3. The average Bonchev–Trinajstić information content (AvgIpc) is 1.95. The number of carbonyl (C=O) groups excluding carboxylic acids is 1. The number of hydrogen-bond donors (Lipinski definition) is 2. The Morgan fingerprint density at radius 2 is 2.00 bits per heavy atom. The van der Waals surface area contributed by atoms with Crippen LogP contribution in [0.15, 0.2) is 0 Å². The summed E-state index contributed by atoms with van der Waals surface area (Å²) in [6.45, 7) is 5.36. The van der Waals surface area contributed by atoms with Crippen LogP contribution < -0.4 is 5.32 Å². The van der Waals surface area contributed by atoms with Crippen molar-refractivity contribution in [3.05, 3.63) is 0 Å². The summed E-state index contributed by atoms with van der Waals surface area (Å²) in [6, 6.07) is -0.0385. The van der Waals surface area contributed by atoms with Gasteiger partial charge >= 0.3 is 17.5 Å². The van der Waals surface area contributed by atoms with Gasteiger partial charge in [-0.25, -0.2) is 4.79 Å². The summed E-state index contributed by atoms with van der Waals surface area (Å²) < 4.78 is 28.4. The maximum absolute atomic E-state index is 11.3. The van der Waals surface area contributed by atoms with Gasteiger partial charge in [-0.2, -0.15) is 4.21 Å². The van der Waals surface area contributed by atoms with Crippen molar-refractivity contribution >= 4 is 17.5 Å². The minimum absolute atomic E-state index is 0.0385. The standard InChI is InChI=1S/C9H17NO5S/c1-9(2,3)14-8(11)10-6-4-7(5-6)15-16(12)13/h6-7H,4-5H2,1-3H3,(H,10,11)(H,12,13). The molecule has 0 aromatic rings. The highest BCUT2D eigenvalue weighted by molar-refractivity contribution is 7.74. The zero-order valence-corrected chi connectivity index (χ0v) is 10.4. The fourth-order valence-corrected chi connectivity index (χ4v) is 1.74. The van der Waals surface area contributed by atoms with Gasteiger partial charge in [-0.05, 0) is 33.6 Å². The maximum atomic E-state index is 11.3. The second-order valence-corrected chi connectivity index (χ2v) is 5.38. The van der Waals surface area contributed by atoms with Crippen LogP contribution in [0.4, 0.5) is 4.79 Å². The molecule has 0 radical (unpaired) electrons. The first-order chi connectivity index (χ1) is 7.26. The van der Waals surface area contributed by atoms with Gasteiger partial charge in [-0.15, -0.1) is 0 Å². The summed E-state index contributed by atoms with van der Waals surface area (Å²) in [6.07, 6.45) is 0.337. The second kappa shape index (κ2) is 5.11. The fourth-order valence-electron chi connectivity index (χ4n) is 1.35. The highest BCUT2D eigenvalue weighted by atomic mass is 32.2. The van der Waals surface area contributed by atoms with E-state index in [1.807, 2.05) is 0 Å². The van der Waals surface area contributed by atoms with E-state index in [9.17, 15) is 9.00 Å². The van der Waals surface area contributed by atoms with Crippen LogP contribution in [0.3, 0.4) is 0 Å². The van der Waals surface area contributed by atoms with Crippen LogP contribution >= 0.6 is 0 Å². The van der Waals surface area contributed by atoms with Crippen molar-refractivity contribution in [1.82, 2.24) is 5.32 Å².